The van der Waals surface area contributed by atoms with Gasteiger partial charge < -0.3 is 29.1 Å². The molecule has 2 heterocycles. The summed E-state index contributed by atoms with van der Waals surface area (Å²) in [5.74, 6) is 1.27. The van der Waals surface area contributed by atoms with Gasteiger partial charge in [-0.05, 0) is 49.7 Å². The molecule has 0 aliphatic carbocycles. The fourth-order valence-electron chi connectivity index (χ4n) is 4.70. The molecule has 2 aromatic carbocycles. The van der Waals surface area contributed by atoms with Crippen LogP contribution in [0.5, 0.6) is 11.5 Å². The number of methoxy groups -OCH3 is 1. The first kappa shape index (κ1) is 22.7. The number of ether oxygens (including phenoxy) is 3. The van der Waals surface area contributed by atoms with Crippen LogP contribution in [0.15, 0.2) is 42.5 Å². The molecule has 0 amide bonds. The van der Waals surface area contributed by atoms with Gasteiger partial charge in [-0.2, -0.15) is 0 Å². The van der Waals surface area contributed by atoms with Crippen molar-refractivity contribution < 1.29 is 23.7 Å². The summed E-state index contributed by atoms with van der Waals surface area (Å²) in [5, 5.41) is 9.75. The third kappa shape index (κ3) is 5.10. The van der Waals surface area contributed by atoms with Crippen molar-refractivity contribution in [2.45, 2.75) is 44.4 Å². The summed E-state index contributed by atoms with van der Waals surface area (Å²) in [6.45, 7) is 5.06. The number of halogens is 1. The van der Waals surface area contributed by atoms with Gasteiger partial charge in [0.2, 0.25) is 0 Å². The predicted octanol–water partition coefficient (Wildman–Crippen LogP) is 3.86. The van der Waals surface area contributed by atoms with Crippen molar-refractivity contribution in [3.05, 3.63) is 48.3 Å². The Kier molecular flexibility index (Phi) is 7.37. The minimum absolute atomic E-state index is 0.0830. The fraction of sp³-hybridized carbons (Fsp3) is 0.520. The molecule has 0 radical (unpaired) electrons. The Labute approximate surface area is 189 Å². The van der Waals surface area contributed by atoms with Crippen molar-refractivity contribution in [1.29, 1.82) is 0 Å². The lowest BCUT2D eigenvalue weighted by Gasteiger charge is -2.34. The quantitative estimate of drug-likeness (QED) is 0.667. The van der Waals surface area contributed by atoms with Crippen LogP contribution >= 0.6 is 0 Å². The Morgan fingerprint density at radius 3 is 2.41 bits per heavy atom. The van der Waals surface area contributed by atoms with E-state index in [2.05, 4.69) is 9.80 Å². The number of anilines is 2. The Morgan fingerprint density at radius 2 is 1.75 bits per heavy atom. The van der Waals surface area contributed by atoms with Crippen molar-refractivity contribution in [3.63, 3.8) is 0 Å². The monoisotopic (exact) mass is 444 g/mol. The summed E-state index contributed by atoms with van der Waals surface area (Å²) in [7, 11) is 1.59. The molecule has 0 unspecified atom stereocenters. The maximum absolute atomic E-state index is 14.3. The zero-order valence-electron chi connectivity index (χ0n) is 18.9. The Bertz CT molecular complexity index is 871. The van der Waals surface area contributed by atoms with Crippen LogP contribution in [0.4, 0.5) is 15.8 Å². The molecule has 0 spiro atoms. The zero-order chi connectivity index (χ0) is 22.5. The molecular weight excluding hydrogens is 411 g/mol. The highest BCUT2D eigenvalue weighted by atomic mass is 19.1. The molecule has 2 aliphatic heterocycles. The molecule has 32 heavy (non-hydrogen) atoms. The lowest BCUT2D eigenvalue weighted by atomic mass is 10.1. The van der Waals surface area contributed by atoms with Gasteiger partial charge in [0, 0.05) is 50.8 Å². The first-order valence-corrected chi connectivity index (χ1v) is 11.5. The molecule has 6 nitrogen and oxygen atoms in total. The summed E-state index contributed by atoms with van der Waals surface area (Å²) in [5.41, 5.74) is 1.66. The highest BCUT2D eigenvalue weighted by Gasteiger charge is 2.32. The van der Waals surface area contributed by atoms with Crippen molar-refractivity contribution in [2.75, 3.05) is 49.8 Å². The second-order valence-corrected chi connectivity index (χ2v) is 8.42. The van der Waals surface area contributed by atoms with Gasteiger partial charge in [-0.25, -0.2) is 4.39 Å². The van der Waals surface area contributed by atoms with Gasteiger partial charge in [0.1, 0.15) is 23.4 Å². The normalized spacial score (nSPS) is 21.8. The smallest absolute Gasteiger partial charge is 0.146 e. The molecule has 2 atom stereocenters. The number of rotatable bonds is 8. The van der Waals surface area contributed by atoms with Crippen molar-refractivity contribution in [1.82, 2.24) is 0 Å². The Morgan fingerprint density at radius 1 is 1.03 bits per heavy atom. The maximum atomic E-state index is 14.3. The van der Waals surface area contributed by atoms with E-state index in [9.17, 15) is 9.50 Å². The third-order valence-electron chi connectivity index (χ3n) is 6.40. The zero-order valence-corrected chi connectivity index (χ0v) is 18.9. The van der Waals surface area contributed by atoms with Crippen LogP contribution in [-0.4, -0.2) is 63.3 Å². The van der Waals surface area contributed by atoms with Gasteiger partial charge in [-0.1, -0.05) is 0 Å². The second-order valence-electron chi connectivity index (χ2n) is 8.42. The number of aliphatic hydroxyl groups excluding tert-OH is 1. The minimum atomic E-state index is -0.226. The molecule has 2 aromatic rings. The molecule has 2 fully saturated rings. The molecular formula is C25H33FN2O4. The highest BCUT2D eigenvalue weighted by molar-refractivity contribution is 5.53. The third-order valence-corrected chi connectivity index (χ3v) is 6.40. The molecule has 0 aromatic heterocycles. The van der Waals surface area contributed by atoms with E-state index in [4.69, 9.17) is 14.2 Å². The van der Waals surface area contributed by atoms with Crippen LogP contribution in [0.2, 0.25) is 0 Å². The van der Waals surface area contributed by atoms with Crippen LogP contribution in [-0.2, 0) is 4.74 Å². The van der Waals surface area contributed by atoms with Crippen LogP contribution < -0.4 is 19.3 Å². The van der Waals surface area contributed by atoms with Crippen LogP contribution in [0, 0.1) is 5.82 Å². The molecule has 0 saturated carbocycles. The van der Waals surface area contributed by atoms with Crippen molar-refractivity contribution >= 4 is 11.4 Å². The number of aliphatic hydroxyl groups is 1. The van der Waals surface area contributed by atoms with E-state index in [1.165, 1.54) is 6.07 Å². The van der Waals surface area contributed by atoms with Crippen LogP contribution in [0.25, 0.3) is 0 Å². The predicted molar refractivity (Wildman–Crippen MR) is 124 cm³/mol. The maximum Gasteiger partial charge on any atom is 0.146 e. The first-order valence-electron chi connectivity index (χ1n) is 11.5. The summed E-state index contributed by atoms with van der Waals surface area (Å²) in [6, 6.07) is 13.0. The molecule has 174 valence electrons. The van der Waals surface area contributed by atoms with E-state index in [0.29, 0.717) is 18.0 Å². The minimum Gasteiger partial charge on any atom is -0.497 e. The number of hydrogen-bond acceptors (Lipinski definition) is 6. The summed E-state index contributed by atoms with van der Waals surface area (Å²) < 4.78 is 31.5. The largest absolute Gasteiger partial charge is 0.497 e. The van der Waals surface area contributed by atoms with Gasteiger partial charge >= 0.3 is 0 Å². The van der Waals surface area contributed by atoms with Crippen molar-refractivity contribution in [2.24, 2.45) is 0 Å². The average Bonchev–Trinajstić information content (AvgIpc) is 3.24. The molecule has 2 aliphatic rings. The van der Waals surface area contributed by atoms with Crippen molar-refractivity contribution in [3.8, 4) is 11.5 Å². The molecule has 1 N–H and O–H groups in total. The van der Waals surface area contributed by atoms with E-state index in [0.717, 1.165) is 50.3 Å². The van der Waals surface area contributed by atoms with E-state index in [-0.39, 0.29) is 30.7 Å². The van der Waals surface area contributed by atoms with Gasteiger partial charge in [0.15, 0.2) is 0 Å². The highest BCUT2D eigenvalue weighted by Crippen LogP contribution is 2.31. The Balaban J connectivity index is 1.32. The molecule has 2 saturated heterocycles. The van der Waals surface area contributed by atoms with E-state index in [1.54, 1.807) is 19.2 Å². The summed E-state index contributed by atoms with van der Waals surface area (Å²) in [4.78, 5) is 4.27. The molecule has 4 rings (SSSR count). The Hall–Kier alpha value is -2.51. The standard InChI is InChI=1S/C25H33FN2O4/c1-3-31-23-14-19(17-29)28(16-23)18-4-6-20(7-5-18)32-21-10-12-27(13-11-21)25-15-22(30-2)8-9-24(25)26/h4-9,15,19,21,23,29H,3,10-14,16-17H2,1-2H3/t19-,23-/m1/s1. The number of hydrogen-bond donors (Lipinski definition) is 1. The SMILES string of the molecule is CCO[C@@H]1C[C@H](CO)N(c2ccc(OC3CCN(c4cc(OC)ccc4F)CC3)cc2)C1. The van der Waals surface area contributed by atoms with E-state index >= 15 is 0 Å². The summed E-state index contributed by atoms with van der Waals surface area (Å²) in [6.07, 6.45) is 2.76. The van der Waals surface area contributed by atoms with Crippen LogP contribution in [0.3, 0.4) is 0 Å². The van der Waals surface area contributed by atoms with Gasteiger partial charge in [0.05, 0.1) is 31.5 Å². The van der Waals surface area contributed by atoms with E-state index in [1.807, 2.05) is 31.2 Å². The summed E-state index contributed by atoms with van der Waals surface area (Å²) >= 11 is 0. The first-order chi connectivity index (χ1) is 15.6. The van der Waals surface area contributed by atoms with Gasteiger partial charge in [-0.15, -0.1) is 0 Å². The number of nitrogens with zero attached hydrogens (tertiary/aromatic N) is 2. The topological polar surface area (TPSA) is 54.4 Å². The lowest BCUT2D eigenvalue weighted by Crippen LogP contribution is -2.38. The number of benzene rings is 2. The molecule has 0 bridgehead atoms. The van der Waals surface area contributed by atoms with Gasteiger partial charge in [-0.3, -0.25) is 0 Å². The average molecular weight is 445 g/mol. The van der Waals surface area contributed by atoms with Crippen LogP contribution in [0.1, 0.15) is 26.2 Å². The lowest BCUT2D eigenvalue weighted by molar-refractivity contribution is 0.0744. The molecule has 7 heteroatoms. The van der Waals surface area contributed by atoms with Gasteiger partial charge in [0.25, 0.3) is 0 Å². The van der Waals surface area contributed by atoms with E-state index < -0.39 is 0 Å². The fourth-order valence-corrected chi connectivity index (χ4v) is 4.70. The number of piperidine rings is 1. The second kappa shape index (κ2) is 10.4.